The van der Waals surface area contributed by atoms with Crippen molar-refractivity contribution in [3.8, 4) is 0 Å². The molecule has 0 bridgehead atoms. The molecule has 1 saturated carbocycles. The molecule has 2 heterocycles. The predicted molar refractivity (Wildman–Crippen MR) is 109 cm³/mol. The lowest BCUT2D eigenvalue weighted by Crippen LogP contribution is -2.37. The Labute approximate surface area is 173 Å². The maximum Gasteiger partial charge on any atom is 0.329 e. The van der Waals surface area contributed by atoms with Crippen molar-refractivity contribution in [2.75, 3.05) is 18.0 Å². The summed E-state index contributed by atoms with van der Waals surface area (Å²) in [7, 11) is 0. The summed E-state index contributed by atoms with van der Waals surface area (Å²) < 4.78 is 0. The maximum atomic E-state index is 12.3. The quantitative estimate of drug-likeness (QED) is 0.765. The Morgan fingerprint density at radius 1 is 1.04 bits per heavy atom. The van der Waals surface area contributed by atoms with Gasteiger partial charge < -0.3 is 5.32 Å². The van der Waals surface area contributed by atoms with Gasteiger partial charge >= 0.3 is 6.03 Å². The van der Waals surface area contributed by atoms with Crippen LogP contribution in [0.25, 0.3) is 0 Å². The SMILES string of the molecule is O=C1CNC(=O)N1c1ccccc1[C@@H]1CN(C2CC2)Cc2c(Cl)cc(Cl)cc21. The molecule has 28 heavy (non-hydrogen) atoms. The number of benzene rings is 2. The van der Waals surface area contributed by atoms with Gasteiger partial charge in [-0.3, -0.25) is 9.69 Å². The molecule has 1 N–H and O–H groups in total. The highest BCUT2D eigenvalue weighted by atomic mass is 35.5. The van der Waals surface area contributed by atoms with Crippen molar-refractivity contribution in [1.82, 2.24) is 10.2 Å². The summed E-state index contributed by atoms with van der Waals surface area (Å²) in [4.78, 5) is 28.3. The van der Waals surface area contributed by atoms with Crippen LogP contribution in [0.3, 0.4) is 0 Å². The summed E-state index contributed by atoms with van der Waals surface area (Å²) in [6, 6.07) is 11.6. The molecule has 2 fully saturated rings. The number of hydrogen-bond acceptors (Lipinski definition) is 3. The Kier molecular flexibility index (Phi) is 4.34. The summed E-state index contributed by atoms with van der Waals surface area (Å²) in [5.74, 6) is -0.255. The Balaban J connectivity index is 1.65. The summed E-state index contributed by atoms with van der Waals surface area (Å²) in [5, 5.41) is 3.88. The molecule has 1 aliphatic carbocycles. The number of carbonyl (C=O) groups is 2. The molecule has 7 heteroatoms. The van der Waals surface area contributed by atoms with Crippen molar-refractivity contribution in [2.45, 2.75) is 31.3 Å². The van der Waals surface area contributed by atoms with Crippen molar-refractivity contribution < 1.29 is 9.59 Å². The smallest absolute Gasteiger partial charge is 0.328 e. The standard InChI is InChI=1S/C21H19Cl2N3O2/c22-12-7-15-16(10-25(13-5-6-13)11-17(15)18(23)8-12)14-3-1-2-4-19(14)26-20(27)9-24-21(26)28/h1-4,7-8,13,16H,5-6,9-11H2,(H,24,28)/t16-/m0/s1. The van der Waals surface area contributed by atoms with Gasteiger partial charge in [0, 0.05) is 35.1 Å². The molecular weight excluding hydrogens is 397 g/mol. The molecule has 1 saturated heterocycles. The van der Waals surface area contributed by atoms with Crippen molar-refractivity contribution in [3.63, 3.8) is 0 Å². The van der Waals surface area contributed by atoms with Crippen LogP contribution in [0.1, 0.15) is 35.4 Å². The first kappa shape index (κ1) is 18.0. The first-order valence-electron chi connectivity index (χ1n) is 9.44. The van der Waals surface area contributed by atoms with E-state index in [0.29, 0.717) is 21.8 Å². The van der Waals surface area contributed by atoms with Gasteiger partial charge in [0.05, 0.1) is 12.2 Å². The van der Waals surface area contributed by atoms with Gasteiger partial charge in [-0.1, -0.05) is 41.4 Å². The monoisotopic (exact) mass is 415 g/mol. The number of halogens is 2. The lowest BCUT2D eigenvalue weighted by atomic mass is 9.83. The number of rotatable bonds is 3. The second-order valence-corrected chi connectivity index (χ2v) is 8.46. The molecule has 2 aliphatic heterocycles. The highest BCUT2D eigenvalue weighted by Crippen LogP contribution is 2.44. The average molecular weight is 416 g/mol. The van der Waals surface area contributed by atoms with E-state index >= 15 is 0 Å². The van der Waals surface area contributed by atoms with Gasteiger partial charge in [-0.05, 0) is 47.7 Å². The van der Waals surface area contributed by atoms with Crippen LogP contribution in [0.5, 0.6) is 0 Å². The molecule has 2 aromatic carbocycles. The first-order chi connectivity index (χ1) is 13.5. The number of para-hydroxylation sites is 1. The normalized spacial score (nSPS) is 22.4. The Bertz CT molecular complexity index is 974. The van der Waals surface area contributed by atoms with Gasteiger partial charge in [-0.25, -0.2) is 9.69 Å². The molecule has 0 aromatic heterocycles. The van der Waals surface area contributed by atoms with Crippen LogP contribution < -0.4 is 10.2 Å². The van der Waals surface area contributed by atoms with Crippen molar-refractivity contribution in [1.29, 1.82) is 0 Å². The molecule has 0 radical (unpaired) electrons. The van der Waals surface area contributed by atoms with E-state index in [4.69, 9.17) is 23.2 Å². The van der Waals surface area contributed by atoms with E-state index in [1.165, 1.54) is 17.7 Å². The summed E-state index contributed by atoms with van der Waals surface area (Å²) in [6.45, 7) is 1.65. The van der Waals surface area contributed by atoms with Crippen molar-refractivity contribution >= 4 is 40.8 Å². The van der Waals surface area contributed by atoms with E-state index in [0.717, 1.165) is 29.8 Å². The van der Waals surface area contributed by atoms with E-state index in [2.05, 4.69) is 10.2 Å². The molecule has 0 spiro atoms. The molecule has 144 valence electrons. The van der Waals surface area contributed by atoms with Crippen LogP contribution >= 0.6 is 23.2 Å². The second-order valence-electron chi connectivity index (χ2n) is 7.62. The molecule has 5 nitrogen and oxygen atoms in total. The third-order valence-electron chi connectivity index (χ3n) is 5.81. The highest BCUT2D eigenvalue weighted by Gasteiger charge is 2.39. The molecular formula is C21H19Cl2N3O2. The van der Waals surface area contributed by atoms with Crippen LogP contribution in [-0.2, 0) is 11.3 Å². The van der Waals surface area contributed by atoms with E-state index in [1.807, 2.05) is 30.3 Å². The predicted octanol–water partition coefficient (Wildman–Crippen LogP) is 4.16. The zero-order valence-corrected chi connectivity index (χ0v) is 16.6. The number of fused-ring (bicyclic) bond motifs is 1. The third-order valence-corrected chi connectivity index (χ3v) is 6.36. The van der Waals surface area contributed by atoms with Gasteiger partial charge in [-0.2, -0.15) is 0 Å². The van der Waals surface area contributed by atoms with Crippen LogP contribution in [0.2, 0.25) is 10.0 Å². The number of anilines is 1. The van der Waals surface area contributed by atoms with Crippen LogP contribution in [-0.4, -0.2) is 36.0 Å². The van der Waals surface area contributed by atoms with E-state index in [1.54, 1.807) is 6.07 Å². The summed E-state index contributed by atoms with van der Waals surface area (Å²) >= 11 is 12.9. The number of urea groups is 1. The lowest BCUT2D eigenvalue weighted by Gasteiger charge is -2.37. The minimum atomic E-state index is -0.378. The molecule has 5 rings (SSSR count). The van der Waals surface area contributed by atoms with Gasteiger partial charge in [0.15, 0.2) is 0 Å². The van der Waals surface area contributed by atoms with Gasteiger partial charge in [0.2, 0.25) is 0 Å². The Hall–Kier alpha value is -2.08. The van der Waals surface area contributed by atoms with Crippen molar-refractivity contribution in [2.24, 2.45) is 0 Å². The fourth-order valence-electron chi connectivity index (χ4n) is 4.34. The molecule has 3 aliphatic rings. The summed E-state index contributed by atoms with van der Waals surface area (Å²) in [5.41, 5.74) is 3.74. The van der Waals surface area contributed by atoms with Crippen LogP contribution in [0, 0.1) is 0 Å². The number of carbonyl (C=O) groups excluding carboxylic acids is 2. The number of amides is 3. The largest absolute Gasteiger partial charge is 0.329 e. The maximum absolute atomic E-state index is 12.3. The number of nitrogens with one attached hydrogen (secondary N) is 1. The number of imide groups is 1. The van der Waals surface area contributed by atoms with Crippen LogP contribution in [0.4, 0.5) is 10.5 Å². The highest BCUT2D eigenvalue weighted by molar-refractivity contribution is 6.35. The molecule has 2 aromatic rings. The number of nitrogens with zero attached hydrogens (tertiary/aromatic N) is 2. The van der Waals surface area contributed by atoms with E-state index in [9.17, 15) is 9.59 Å². The second kappa shape index (κ2) is 6.76. The van der Waals surface area contributed by atoms with E-state index in [-0.39, 0.29) is 24.4 Å². The lowest BCUT2D eigenvalue weighted by molar-refractivity contribution is -0.115. The first-order valence-corrected chi connectivity index (χ1v) is 10.2. The van der Waals surface area contributed by atoms with Gasteiger partial charge in [0.1, 0.15) is 0 Å². The molecule has 1 atom stereocenters. The average Bonchev–Trinajstić information content (AvgIpc) is 3.47. The van der Waals surface area contributed by atoms with Crippen LogP contribution in [0.15, 0.2) is 36.4 Å². The Morgan fingerprint density at radius 3 is 2.54 bits per heavy atom. The zero-order valence-electron chi connectivity index (χ0n) is 15.1. The minimum Gasteiger partial charge on any atom is -0.328 e. The fraction of sp³-hybridized carbons (Fsp3) is 0.333. The van der Waals surface area contributed by atoms with Gasteiger partial charge in [0.25, 0.3) is 5.91 Å². The van der Waals surface area contributed by atoms with E-state index < -0.39 is 0 Å². The topological polar surface area (TPSA) is 52.7 Å². The number of hydrogen-bond donors (Lipinski definition) is 1. The fourth-order valence-corrected chi connectivity index (χ4v) is 4.91. The van der Waals surface area contributed by atoms with Crippen molar-refractivity contribution in [3.05, 3.63) is 63.1 Å². The molecule has 0 unspecified atom stereocenters. The van der Waals surface area contributed by atoms with Gasteiger partial charge in [-0.15, -0.1) is 0 Å². The third kappa shape index (κ3) is 2.98. The zero-order chi connectivity index (χ0) is 19.4. The Morgan fingerprint density at radius 2 is 1.82 bits per heavy atom. The summed E-state index contributed by atoms with van der Waals surface area (Å²) in [6.07, 6.45) is 2.39. The minimum absolute atomic E-state index is 0.0158. The molecule has 3 amide bonds.